The molecule has 0 aromatic heterocycles. The number of anilines is 1. The van der Waals surface area contributed by atoms with Crippen molar-refractivity contribution < 1.29 is 19.5 Å². The number of carbonyl (C=O) groups is 3. The first-order valence-electron chi connectivity index (χ1n) is 8.57. The Morgan fingerprint density at radius 1 is 1.28 bits per heavy atom. The number of carbonyl (C=O) groups excluding carboxylic acids is 2. The molecule has 1 aliphatic rings. The van der Waals surface area contributed by atoms with Gasteiger partial charge in [-0.3, -0.25) is 9.59 Å². The lowest BCUT2D eigenvalue weighted by molar-refractivity contribution is -0.143. The molecule has 1 aromatic rings. The van der Waals surface area contributed by atoms with Crippen molar-refractivity contribution in [3.8, 4) is 0 Å². The molecule has 2 unspecified atom stereocenters. The summed E-state index contributed by atoms with van der Waals surface area (Å²) in [7, 11) is 0. The Kier molecular flexibility index (Phi) is 6.38. The van der Waals surface area contributed by atoms with Gasteiger partial charge in [0.25, 0.3) is 5.91 Å². The topological polar surface area (TPSA) is 98.7 Å². The van der Waals surface area contributed by atoms with E-state index in [1.807, 2.05) is 13.8 Å². The summed E-state index contributed by atoms with van der Waals surface area (Å²) in [6.45, 7) is 5.22. The predicted molar refractivity (Wildman–Crippen MR) is 94.6 cm³/mol. The second kappa shape index (κ2) is 8.50. The SMILES string of the molecule is CCCNC(=O)c1cccc(NC(=O)N2CC(C)CC(C(=O)O)C2)c1. The largest absolute Gasteiger partial charge is 0.481 e. The smallest absolute Gasteiger partial charge is 0.321 e. The van der Waals surface area contributed by atoms with E-state index in [1.165, 1.54) is 4.90 Å². The van der Waals surface area contributed by atoms with Gasteiger partial charge in [-0.25, -0.2) is 4.79 Å². The molecule has 136 valence electrons. The molecule has 1 fully saturated rings. The molecule has 1 saturated heterocycles. The van der Waals surface area contributed by atoms with Crippen LogP contribution in [-0.4, -0.2) is 47.5 Å². The molecule has 25 heavy (non-hydrogen) atoms. The van der Waals surface area contributed by atoms with E-state index in [1.54, 1.807) is 24.3 Å². The van der Waals surface area contributed by atoms with E-state index in [4.69, 9.17) is 0 Å². The minimum absolute atomic E-state index is 0.131. The summed E-state index contributed by atoms with van der Waals surface area (Å²) in [4.78, 5) is 37.2. The van der Waals surface area contributed by atoms with Crippen LogP contribution in [0.4, 0.5) is 10.5 Å². The van der Waals surface area contributed by atoms with E-state index in [-0.39, 0.29) is 24.4 Å². The molecule has 0 saturated carbocycles. The van der Waals surface area contributed by atoms with Gasteiger partial charge in [-0.1, -0.05) is 19.9 Å². The van der Waals surface area contributed by atoms with Gasteiger partial charge in [-0.05, 0) is 37.0 Å². The fraction of sp³-hybridized carbons (Fsp3) is 0.500. The van der Waals surface area contributed by atoms with Crippen LogP contribution in [0.25, 0.3) is 0 Å². The highest BCUT2D eigenvalue weighted by Crippen LogP contribution is 2.22. The highest BCUT2D eigenvalue weighted by atomic mass is 16.4. The molecule has 1 aliphatic heterocycles. The maximum absolute atomic E-state index is 12.5. The number of likely N-dealkylation sites (tertiary alicyclic amines) is 1. The Hall–Kier alpha value is -2.57. The maximum atomic E-state index is 12.5. The Morgan fingerprint density at radius 3 is 2.72 bits per heavy atom. The summed E-state index contributed by atoms with van der Waals surface area (Å²) in [5.41, 5.74) is 0.987. The molecule has 1 aromatic carbocycles. The Balaban J connectivity index is 2.02. The van der Waals surface area contributed by atoms with Crippen molar-refractivity contribution in [1.29, 1.82) is 0 Å². The fourth-order valence-electron chi connectivity index (χ4n) is 2.98. The van der Waals surface area contributed by atoms with E-state index in [9.17, 15) is 19.5 Å². The van der Waals surface area contributed by atoms with Crippen LogP contribution in [0.5, 0.6) is 0 Å². The van der Waals surface area contributed by atoms with Gasteiger partial charge in [0.2, 0.25) is 0 Å². The molecular weight excluding hydrogens is 322 g/mol. The second-order valence-electron chi connectivity index (χ2n) is 6.55. The van der Waals surface area contributed by atoms with Crippen LogP contribution >= 0.6 is 0 Å². The van der Waals surface area contributed by atoms with E-state index in [0.717, 1.165) is 6.42 Å². The molecule has 7 heteroatoms. The summed E-state index contributed by atoms with van der Waals surface area (Å²) in [6.07, 6.45) is 1.42. The van der Waals surface area contributed by atoms with Crippen molar-refractivity contribution in [3.63, 3.8) is 0 Å². The number of benzene rings is 1. The number of urea groups is 1. The van der Waals surface area contributed by atoms with Gasteiger partial charge in [0, 0.05) is 30.9 Å². The predicted octanol–water partition coefficient (Wildman–Crippen LogP) is 2.40. The molecule has 0 bridgehead atoms. The first-order chi connectivity index (χ1) is 11.9. The highest BCUT2D eigenvalue weighted by Gasteiger charge is 2.31. The number of hydrogen-bond acceptors (Lipinski definition) is 3. The minimum atomic E-state index is -0.876. The number of piperidine rings is 1. The average Bonchev–Trinajstić information content (AvgIpc) is 2.59. The normalized spacial score (nSPS) is 20.0. The summed E-state index contributed by atoms with van der Waals surface area (Å²) in [5, 5.41) is 14.8. The summed E-state index contributed by atoms with van der Waals surface area (Å²) >= 11 is 0. The van der Waals surface area contributed by atoms with Crippen LogP contribution < -0.4 is 10.6 Å². The van der Waals surface area contributed by atoms with Gasteiger partial charge in [-0.2, -0.15) is 0 Å². The van der Waals surface area contributed by atoms with E-state index >= 15 is 0 Å². The van der Waals surface area contributed by atoms with Crippen LogP contribution in [-0.2, 0) is 4.79 Å². The lowest BCUT2D eigenvalue weighted by atomic mass is 9.91. The number of carboxylic acid groups (broad SMARTS) is 1. The zero-order valence-corrected chi connectivity index (χ0v) is 14.6. The third-order valence-corrected chi connectivity index (χ3v) is 4.21. The van der Waals surface area contributed by atoms with Crippen molar-refractivity contribution in [2.24, 2.45) is 11.8 Å². The zero-order valence-electron chi connectivity index (χ0n) is 14.6. The lowest BCUT2D eigenvalue weighted by Crippen LogP contribution is -2.47. The zero-order chi connectivity index (χ0) is 18.4. The molecule has 0 aliphatic carbocycles. The third kappa shape index (κ3) is 5.20. The molecule has 0 spiro atoms. The van der Waals surface area contributed by atoms with Crippen LogP contribution in [0, 0.1) is 11.8 Å². The van der Waals surface area contributed by atoms with Crippen LogP contribution in [0.15, 0.2) is 24.3 Å². The molecule has 7 nitrogen and oxygen atoms in total. The monoisotopic (exact) mass is 347 g/mol. The van der Waals surface area contributed by atoms with Crippen LogP contribution in [0.1, 0.15) is 37.0 Å². The summed E-state index contributed by atoms with van der Waals surface area (Å²) < 4.78 is 0. The average molecular weight is 347 g/mol. The Morgan fingerprint density at radius 2 is 2.04 bits per heavy atom. The Bertz CT molecular complexity index is 647. The van der Waals surface area contributed by atoms with Crippen molar-refractivity contribution in [2.75, 3.05) is 25.0 Å². The summed E-state index contributed by atoms with van der Waals surface area (Å²) in [5.74, 6) is -1.47. The molecule has 2 rings (SSSR count). The molecule has 2 atom stereocenters. The van der Waals surface area contributed by atoms with E-state index in [0.29, 0.717) is 30.8 Å². The second-order valence-corrected chi connectivity index (χ2v) is 6.55. The van der Waals surface area contributed by atoms with Gasteiger partial charge in [0.15, 0.2) is 0 Å². The van der Waals surface area contributed by atoms with Gasteiger partial charge < -0.3 is 20.6 Å². The molecule has 3 N–H and O–H groups in total. The number of amides is 3. The highest BCUT2D eigenvalue weighted by molar-refractivity contribution is 5.97. The number of rotatable bonds is 5. The Labute approximate surface area is 147 Å². The van der Waals surface area contributed by atoms with Gasteiger partial charge >= 0.3 is 12.0 Å². The van der Waals surface area contributed by atoms with E-state index < -0.39 is 11.9 Å². The van der Waals surface area contributed by atoms with Crippen LogP contribution in [0.3, 0.4) is 0 Å². The molecule has 0 radical (unpaired) electrons. The van der Waals surface area contributed by atoms with Gasteiger partial charge in [0.1, 0.15) is 0 Å². The third-order valence-electron chi connectivity index (χ3n) is 4.21. The standard InChI is InChI=1S/C18H25N3O4/c1-3-7-19-16(22)13-5-4-6-15(9-13)20-18(25)21-10-12(2)8-14(11-21)17(23)24/h4-6,9,12,14H,3,7-8,10-11H2,1-2H3,(H,19,22)(H,20,25)(H,23,24). The van der Waals surface area contributed by atoms with E-state index in [2.05, 4.69) is 10.6 Å². The minimum Gasteiger partial charge on any atom is -0.481 e. The molecule has 1 heterocycles. The quantitative estimate of drug-likeness (QED) is 0.761. The summed E-state index contributed by atoms with van der Waals surface area (Å²) in [6, 6.07) is 6.37. The van der Waals surface area contributed by atoms with Crippen molar-refractivity contribution in [2.45, 2.75) is 26.7 Å². The number of nitrogens with zero attached hydrogens (tertiary/aromatic N) is 1. The first kappa shape index (κ1) is 18.8. The van der Waals surface area contributed by atoms with Crippen LogP contribution in [0.2, 0.25) is 0 Å². The molecule has 3 amide bonds. The van der Waals surface area contributed by atoms with Gasteiger partial charge in [-0.15, -0.1) is 0 Å². The number of nitrogens with one attached hydrogen (secondary N) is 2. The van der Waals surface area contributed by atoms with Crippen molar-refractivity contribution in [1.82, 2.24) is 10.2 Å². The van der Waals surface area contributed by atoms with Crippen molar-refractivity contribution in [3.05, 3.63) is 29.8 Å². The fourth-order valence-corrected chi connectivity index (χ4v) is 2.98. The number of hydrogen-bond donors (Lipinski definition) is 3. The number of carboxylic acids is 1. The maximum Gasteiger partial charge on any atom is 0.321 e. The van der Waals surface area contributed by atoms with Gasteiger partial charge in [0.05, 0.1) is 5.92 Å². The van der Waals surface area contributed by atoms with Crippen molar-refractivity contribution >= 4 is 23.6 Å². The lowest BCUT2D eigenvalue weighted by Gasteiger charge is -2.34. The molecular formula is C18H25N3O4. The first-order valence-corrected chi connectivity index (χ1v) is 8.57. The number of aliphatic carboxylic acids is 1.